The summed E-state index contributed by atoms with van der Waals surface area (Å²) in [5, 5.41) is 21.4. The van der Waals surface area contributed by atoms with E-state index in [2.05, 4.69) is 13.8 Å². The van der Waals surface area contributed by atoms with Crippen LogP contribution in [-0.4, -0.2) is 22.4 Å². The fourth-order valence-corrected chi connectivity index (χ4v) is 7.23. The quantitative estimate of drug-likeness (QED) is 0.697. The summed E-state index contributed by atoms with van der Waals surface area (Å²) >= 11 is 0. The molecule has 0 radical (unpaired) electrons. The van der Waals surface area contributed by atoms with Crippen molar-refractivity contribution in [1.82, 2.24) is 0 Å². The number of fused-ring (bicyclic) bond motifs is 5. The van der Waals surface area contributed by atoms with E-state index in [4.69, 9.17) is 0 Å². The highest BCUT2D eigenvalue weighted by molar-refractivity contribution is 5.11. The van der Waals surface area contributed by atoms with Crippen molar-refractivity contribution in [2.24, 2.45) is 34.5 Å². The van der Waals surface area contributed by atoms with E-state index in [1.807, 2.05) is 0 Å². The molecule has 0 aliphatic heterocycles. The summed E-state index contributed by atoms with van der Waals surface area (Å²) in [5.41, 5.74) is 0.553. The van der Waals surface area contributed by atoms with Crippen molar-refractivity contribution >= 4 is 0 Å². The van der Waals surface area contributed by atoms with Crippen LogP contribution in [0.15, 0.2) is 0 Å². The molecule has 0 spiro atoms. The monoisotopic (exact) mass is 308 g/mol. The van der Waals surface area contributed by atoms with Crippen LogP contribution in [0, 0.1) is 34.5 Å². The van der Waals surface area contributed by atoms with Crippen LogP contribution in [-0.2, 0) is 0 Å². The summed E-state index contributed by atoms with van der Waals surface area (Å²) < 4.78 is 0. The molecule has 0 aromatic rings. The number of hydrogen-bond donors (Lipinski definition) is 2. The average Bonchev–Trinajstić information content (AvgIpc) is 2.76. The highest BCUT2D eigenvalue weighted by atomic mass is 16.3. The molecule has 4 aliphatic carbocycles. The first kappa shape index (κ1) is 16.8. The van der Waals surface area contributed by atoms with Gasteiger partial charge in [0.05, 0.1) is 12.2 Å². The Balaban J connectivity index is 0.00000144. The highest BCUT2D eigenvalue weighted by Gasteiger charge is 2.61. The Morgan fingerprint density at radius 1 is 0.818 bits per heavy atom. The SMILES string of the molecule is C.C[C@]12CCC3C(C1CC[C@@H]2O)[C@@H](O)C[C@H]1CCCC[C@]31C. The molecule has 4 aliphatic rings. The van der Waals surface area contributed by atoms with Gasteiger partial charge < -0.3 is 10.2 Å². The Bertz CT molecular complexity index is 422. The van der Waals surface area contributed by atoms with Gasteiger partial charge in [0.1, 0.15) is 0 Å². The molecule has 4 saturated carbocycles. The first-order chi connectivity index (χ1) is 9.97. The molecule has 0 aromatic carbocycles. The molecule has 0 heterocycles. The smallest absolute Gasteiger partial charge is 0.0596 e. The van der Waals surface area contributed by atoms with Gasteiger partial charge in [-0.15, -0.1) is 0 Å². The normalized spacial score (nSPS) is 57.3. The molecule has 4 fully saturated rings. The average molecular weight is 309 g/mol. The van der Waals surface area contributed by atoms with Gasteiger partial charge in [-0.1, -0.05) is 34.1 Å². The van der Waals surface area contributed by atoms with E-state index in [0.717, 1.165) is 25.2 Å². The zero-order valence-electron chi connectivity index (χ0n) is 13.7. The lowest BCUT2D eigenvalue weighted by atomic mass is 9.44. The Morgan fingerprint density at radius 2 is 1.55 bits per heavy atom. The van der Waals surface area contributed by atoms with Crippen LogP contribution in [0.3, 0.4) is 0 Å². The minimum absolute atomic E-state index is 0. The third-order valence-corrected chi connectivity index (χ3v) is 8.55. The minimum atomic E-state index is -0.132. The van der Waals surface area contributed by atoms with E-state index < -0.39 is 0 Å². The van der Waals surface area contributed by atoms with Crippen molar-refractivity contribution in [3.05, 3.63) is 0 Å². The van der Waals surface area contributed by atoms with Gasteiger partial charge in [-0.05, 0) is 79.4 Å². The lowest BCUT2D eigenvalue weighted by molar-refractivity contribution is -0.167. The van der Waals surface area contributed by atoms with Crippen LogP contribution in [0.5, 0.6) is 0 Å². The van der Waals surface area contributed by atoms with Gasteiger partial charge in [0.2, 0.25) is 0 Å². The Hall–Kier alpha value is -0.0800. The molecule has 2 nitrogen and oxygen atoms in total. The number of aliphatic hydroxyl groups is 2. The van der Waals surface area contributed by atoms with Gasteiger partial charge in [0, 0.05) is 0 Å². The van der Waals surface area contributed by atoms with E-state index in [1.54, 1.807) is 0 Å². The number of rotatable bonds is 0. The molecule has 2 heteroatoms. The second kappa shape index (κ2) is 5.48. The third-order valence-electron chi connectivity index (χ3n) is 8.55. The van der Waals surface area contributed by atoms with Crippen molar-refractivity contribution in [1.29, 1.82) is 0 Å². The summed E-state index contributed by atoms with van der Waals surface area (Å²) in [5.74, 6) is 2.47. The number of hydrogen-bond acceptors (Lipinski definition) is 2. The minimum Gasteiger partial charge on any atom is -0.393 e. The van der Waals surface area contributed by atoms with Crippen LogP contribution in [0.25, 0.3) is 0 Å². The molecule has 0 amide bonds. The Labute approximate surface area is 136 Å². The Morgan fingerprint density at radius 3 is 2.32 bits per heavy atom. The molecule has 0 aromatic heterocycles. The second-order valence-corrected chi connectivity index (χ2v) is 9.18. The Kier molecular flexibility index (Phi) is 4.18. The van der Waals surface area contributed by atoms with Gasteiger partial charge >= 0.3 is 0 Å². The molecule has 2 N–H and O–H groups in total. The largest absolute Gasteiger partial charge is 0.393 e. The van der Waals surface area contributed by atoms with Gasteiger partial charge in [-0.2, -0.15) is 0 Å². The topological polar surface area (TPSA) is 40.5 Å². The third kappa shape index (κ3) is 2.05. The predicted octanol–water partition coefficient (Wildman–Crippen LogP) is 4.39. The standard InChI is InChI=1S/C19H32O2.CH4/c1-18-9-4-3-5-12(18)11-15(20)17-13-6-7-16(21)19(13,2)10-8-14(17)18;/h12-17,20-21H,3-11H2,1-2H3;1H4/t12-,13?,14?,15+,16+,17?,18+,19+;/m1./s1. The molecular weight excluding hydrogens is 272 g/mol. The van der Waals surface area contributed by atoms with Crippen LogP contribution >= 0.6 is 0 Å². The summed E-state index contributed by atoms with van der Waals surface area (Å²) in [7, 11) is 0. The molecular formula is C20H36O2. The maximum Gasteiger partial charge on any atom is 0.0596 e. The lowest BCUT2D eigenvalue weighted by Crippen LogP contribution is -2.58. The van der Waals surface area contributed by atoms with E-state index in [9.17, 15) is 10.2 Å². The van der Waals surface area contributed by atoms with Gasteiger partial charge in [-0.25, -0.2) is 0 Å². The van der Waals surface area contributed by atoms with Crippen molar-refractivity contribution < 1.29 is 10.2 Å². The maximum absolute atomic E-state index is 10.9. The van der Waals surface area contributed by atoms with Gasteiger partial charge in [-0.3, -0.25) is 0 Å². The zero-order chi connectivity index (χ0) is 14.8. The van der Waals surface area contributed by atoms with Crippen molar-refractivity contribution in [2.75, 3.05) is 0 Å². The maximum atomic E-state index is 10.9. The zero-order valence-corrected chi connectivity index (χ0v) is 13.7. The predicted molar refractivity (Wildman–Crippen MR) is 90.5 cm³/mol. The van der Waals surface area contributed by atoms with Crippen LogP contribution in [0.2, 0.25) is 0 Å². The van der Waals surface area contributed by atoms with Crippen LogP contribution < -0.4 is 0 Å². The fraction of sp³-hybridized carbons (Fsp3) is 1.00. The molecule has 0 saturated heterocycles. The highest BCUT2D eigenvalue weighted by Crippen LogP contribution is 2.66. The first-order valence-corrected chi connectivity index (χ1v) is 9.33. The van der Waals surface area contributed by atoms with Crippen LogP contribution in [0.1, 0.15) is 79.1 Å². The summed E-state index contributed by atoms with van der Waals surface area (Å²) in [4.78, 5) is 0. The molecule has 128 valence electrons. The molecule has 4 rings (SSSR count). The molecule has 3 unspecified atom stereocenters. The van der Waals surface area contributed by atoms with E-state index in [0.29, 0.717) is 23.2 Å². The van der Waals surface area contributed by atoms with Crippen molar-refractivity contribution in [2.45, 2.75) is 91.3 Å². The summed E-state index contributed by atoms with van der Waals surface area (Å²) in [6, 6.07) is 0. The summed E-state index contributed by atoms with van der Waals surface area (Å²) in [6.07, 6.45) is 10.7. The fourth-order valence-electron chi connectivity index (χ4n) is 7.23. The van der Waals surface area contributed by atoms with Crippen LogP contribution in [0.4, 0.5) is 0 Å². The van der Waals surface area contributed by atoms with Crippen molar-refractivity contribution in [3.63, 3.8) is 0 Å². The van der Waals surface area contributed by atoms with E-state index in [1.165, 1.54) is 38.5 Å². The van der Waals surface area contributed by atoms with Gasteiger partial charge in [0.15, 0.2) is 0 Å². The molecule has 8 atom stereocenters. The number of aliphatic hydroxyl groups excluding tert-OH is 2. The van der Waals surface area contributed by atoms with Crippen molar-refractivity contribution in [3.8, 4) is 0 Å². The lowest BCUT2D eigenvalue weighted by Gasteiger charge is -2.61. The molecule has 0 bridgehead atoms. The second-order valence-electron chi connectivity index (χ2n) is 9.18. The summed E-state index contributed by atoms with van der Waals surface area (Å²) in [6.45, 7) is 4.84. The van der Waals surface area contributed by atoms with Gasteiger partial charge in [0.25, 0.3) is 0 Å². The first-order valence-electron chi connectivity index (χ1n) is 9.33. The van der Waals surface area contributed by atoms with E-state index >= 15 is 0 Å². The van der Waals surface area contributed by atoms with E-state index in [-0.39, 0.29) is 25.0 Å². The molecule has 22 heavy (non-hydrogen) atoms.